The van der Waals surface area contributed by atoms with E-state index in [1.165, 1.54) is 10.8 Å². The molecule has 106 valence electrons. The van der Waals surface area contributed by atoms with Gasteiger partial charge in [-0.25, -0.2) is 4.98 Å². The number of fused-ring (bicyclic) bond motifs is 1. The summed E-state index contributed by atoms with van der Waals surface area (Å²) in [6, 6.07) is 8.24. The van der Waals surface area contributed by atoms with Crippen molar-refractivity contribution in [1.82, 2.24) is 4.98 Å². The topological polar surface area (TPSA) is 25.4 Å². The lowest BCUT2D eigenvalue weighted by molar-refractivity contribution is 0.415. The molecule has 1 aromatic carbocycles. The van der Waals surface area contributed by atoms with E-state index >= 15 is 0 Å². The number of halogens is 1. The molecule has 2 aromatic rings. The van der Waals surface area contributed by atoms with Gasteiger partial charge in [-0.2, -0.15) is 0 Å². The molecule has 0 radical (unpaired) electrons. The number of aromatic nitrogens is 1. The Labute approximate surface area is 128 Å². The number of methoxy groups -OCH3 is 1. The zero-order valence-corrected chi connectivity index (χ0v) is 13.4. The van der Waals surface area contributed by atoms with E-state index in [0.29, 0.717) is 10.7 Å². The number of alkyl halides is 1. The maximum atomic E-state index is 5.35. The van der Waals surface area contributed by atoms with Crippen molar-refractivity contribution in [3.05, 3.63) is 30.5 Å². The zero-order chi connectivity index (χ0) is 14.1. The summed E-state index contributed by atoms with van der Waals surface area (Å²) < 4.78 is 5.35. The molecule has 2 unspecified atom stereocenters. The minimum absolute atomic E-state index is 0.614. The molecule has 0 bridgehead atoms. The second-order valence-corrected chi connectivity index (χ2v) is 6.63. The maximum Gasteiger partial charge on any atom is 0.136 e. The summed E-state index contributed by atoms with van der Waals surface area (Å²) in [5.74, 6) is 2.59. The Kier molecular flexibility index (Phi) is 3.83. The predicted molar refractivity (Wildman–Crippen MR) is 87.0 cm³/mol. The number of nitrogens with zero attached hydrogens (tertiary/aromatic N) is 2. The Hall–Kier alpha value is -1.29. The average Bonchev–Trinajstić information content (AvgIpc) is 2.49. The van der Waals surface area contributed by atoms with Gasteiger partial charge in [0, 0.05) is 29.5 Å². The highest BCUT2D eigenvalue weighted by molar-refractivity contribution is 9.09. The van der Waals surface area contributed by atoms with Crippen LogP contribution in [0.25, 0.3) is 10.8 Å². The van der Waals surface area contributed by atoms with E-state index in [4.69, 9.17) is 4.74 Å². The van der Waals surface area contributed by atoms with Crippen molar-refractivity contribution in [2.45, 2.75) is 18.2 Å². The lowest BCUT2D eigenvalue weighted by atomic mass is 9.99. The quantitative estimate of drug-likeness (QED) is 0.780. The van der Waals surface area contributed by atoms with E-state index in [-0.39, 0.29) is 0 Å². The number of anilines is 1. The van der Waals surface area contributed by atoms with Crippen molar-refractivity contribution in [2.75, 3.05) is 25.1 Å². The summed E-state index contributed by atoms with van der Waals surface area (Å²) in [5.41, 5.74) is 0. The van der Waals surface area contributed by atoms with Gasteiger partial charge in [-0.15, -0.1) is 0 Å². The summed E-state index contributed by atoms with van der Waals surface area (Å²) in [7, 11) is 1.70. The zero-order valence-electron chi connectivity index (χ0n) is 11.8. The molecule has 20 heavy (non-hydrogen) atoms. The first kappa shape index (κ1) is 13.7. The second-order valence-electron chi connectivity index (χ2n) is 5.45. The minimum Gasteiger partial charge on any atom is -0.497 e. The van der Waals surface area contributed by atoms with Gasteiger partial charge in [0.05, 0.1) is 7.11 Å². The summed E-state index contributed by atoms with van der Waals surface area (Å²) in [5, 5.41) is 2.39. The Balaban J connectivity index is 2.02. The van der Waals surface area contributed by atoms with Crippen LogP contribution in [-0.4, -0.2) is 30.0 Å². The third kappa shape index (κ3) is 2.49. The smallest absolute Gasteiger partial charge is 0.136 e. The van der Waals surface area contributed by atoms with Crippen molar-refractivity contribution in [3.8, 4) is 5.75 Å². The summed E-state index contributed by atoms with van der Waals surface area (Å²) >= 11 is 3.76. The van der Waals surface area contributed by atoms with Crippen molar-refractivity contribution in [2.24, 2.45) is 5.92 Å². The maximum absolute atomic E-state index is 5.35. The molecule has 0 saturated carbocycles. The molecule has 0 N–H and O–H groups in total. The Morgan fingerprint density at radius 3 is 2.95 bits per heavy atom. The monoisotopic (exact) mass is 334 g/mol. The van der Waals surface area contributed by atoms with Gasteiger partial charge < -0.3 is 9.64 Å². The Bertz CT molecular complexity index is 616. The molecule has 1 aliphatic rings. The Morgan fingerprint density at radius 1 is 1.35 bits per heavy atom. The van der Waals surface area contributed by atoms with E-state index in [2.05, 4.69) is 50.9 Å². The van der Waals surface area contributed by atoms with Gasteiger partial charge in [0.2, 0.25) is 0 Å². The van der Waals surface area contributed by atoms with Gasteiger partial charge in [-0.1, -0.05) is 28.9 Å². The van der Waals surface area contributed by atoms with Gasteiger partial charge in [0.1, 0.15) is 11.6 Å². The summed E-state index contributed by atoms with van der Waals surface area (Å²) in [6.45, 7) is 4.38. The van der Waals surface area contributed by atoms with Gasteiger partial charge in [0.25, 0.3) is 0 Å². The minimum atomic E-state index is 0.614. The van der Waals surface area contributed by atoms with Crippen LogP contribution in [0.15, 0.2) is 30.5 Å². The van der Waals surface area contributed by atoms with Crippen LogP contribution in [-0.2, 0) is 0 Å². The lowest BCUT2D eigenvalue weighted by Crippen LogP contribution is -2.40. The molecule has 2 heterocycles. The van der Waals surface area contributed by atoms with Crippen LogP contribution in [0.1, 0.15) is 13.3 Å². The third-order valence-electron chi connectivity index (χ3n) is 4.05. The molecule has 1 fully saturated rings. The molecule has 1 aliphatic heterocycles. The van der Waals surface area contributed by atoms with Crippen LogP contribution in [0.5, 0.6) is 5.75 Å². The second kappa shape index (κ2) is 5.60. The predicted octanol–water partition coefficient (Wildman–Crippen LogP) is 3.85. The molecule has 1 saturated heterocycles. The Morgan fingerprint density at radius 2 is 2.20 bits per heavy atom. The van der Waals surface area contributed by atoms with Crippen molar-refractivity contribution >= 4 is 32.5 Å². The fraction of sp³-hybridized carbons (Fsp3) is 0.438. The number of hydrogen-bond acceptors (Lipinski definition) is 3. The first-order chi connectivity index (χ1) is 9.69. The molecule has 3 rings (SSSR count). The normalized spacial score (nSPS) is 23.1. The van der Waals surface area contributed by atoms with Crippen LogP contribution in [0, 0.1) is 5.92 Å². The number of ether oxygens (including phenoxy) is 1. The number of pyridine rings is 1. The van der Waals surface area contributed by atoms with Crippen LogP contribution >= 0.6 is 15.9 Å². The van der Waals surface area contributed by atoms with Gasteiger partial charge in [0.15, 0.2) is 0 Å². The first-order valence-corrected chi connectivity index (χ1v) is 7.92. The summed E-state index contributed by atoms with van der Waals surface area (Å²) in [4.78, 5) is 7.63. The summed E-state index contributed by atoms with van der Waals surface area (Å²) in [6.07, 6.45) is 3.05. The fourth-order valence-electron chi connectivity index (χ4n) is 2.82. The van der Waals surface area contributed by atoms with E-state index in [9.17, 15) is 0 Å². The molecular weight excluding hydrogens is 316 g/mol. The molecule has 4 heteroatoms. The fourth-order valence-corrected chi connectivity index (χ4v) is 3.19. The first-order valence-electron chi connectivity index (χ1n) is 7.01. The van der Waals surface area contributed by atoms with E-state index < -0.39 is 0 Å². The van der Waals surface area contributed by atoms with E-state index in [1.807, 2.05) is 12.3 Å². The third-order valence-corrected chi connectivity index (χ3v) is 5.41. The number of hydrogen-bond donors (Lipinski definition) is 0. The van der Waals surface area contributed by atoms with Crippen LogP contribution in [0.4, 0.5) is 5.82 Å². The number of piperidine rings is 1. The van der Waals surface area contributed by atoms with Crippen molar-refractivity contribution in [1.29, 1.82) is 0 Å². The largest absolute Gasteiger partial charge is 0.497 e. The number of benzene rings is 1. The van der Waals surface area contributed by atoms with Gasteiger partial charge in [-0.3, -0.25) is 0 Å². The molecule has 2 atom stereocenters. The van der Waals surface area contributed by atoms with Crippen LogP contribution in [0.3, 0.4) is 0 Å². The van der Waals surface area contributed by atoms with Crippen LogP contribution < -0.4 is 9.64 Å². The molecule has 1 aromatic heterocycles. The highest BCUT2D eigenvalue weighted by Crippen LogP contribution is 2.32. The number of rotatable bonds is 2. The lowest BCUT2D eigenvalue weighted by Gasteiger charge is -2.35. The van der Waals surface area contributed by atoms with E-state index in [1.54, 1.807) is 7.11 Å². The van der Waals surface area contributed by atoms with Crippen molar-refractivity contribution in [3.63, 3.8) is 0 Å². The highest BCUT2D eigenvalue weighted by atomic mass is 79.9. The molecular formula is C16H19BrN2O. The standard InChI is InChI=1S/C16H19BrN2O/c1-11-10-19(8-6-15(11)17)16-14-9-13(20-2)4-3-12(14)5-7-18-16/h3-5,7,9,11,15H,6,8,10H2,1-2H3. The molecule has 0 amide bonds. The van der Waals surface area contributed by atoms with Gasteiger partial charge >= 0.3 is 0 Å². The highest BCUT2D eigenvalue weighted by Gasteiger charge is 2.25. The molecule has 0 spiro atoms. The SMILES string of the molecule is COc1ccc2ccnc(N3CCC(Br)C(C)C3)c2c1. The van der Waals surface area contributed by atoms with Gasteiger partial charge in [-0.05, 0) is 35.9 Å². The van der Waals surface area contributed by atoms with Crippen LogP contribution in [0.2, 0.25) is 0 Å². The molecule has 0 aliphatic carbocycles. The van der Waals surface area contributed by atoms with Crippen molar-refractivity contribution < 1.29 is 4.74 Å². The average molecular weight is 335 g/mol. The van der Waals surface area contributed by atoms with E-state index in [0.717, 1.165) is 31.1 Å². The molecule has 3 nitrogen and oxygen atoms in total.